The molecule has 0 aliphatic rings. The van der Waals surface area contributed by atoms with Crippen LogP contribution in [0.4, 0.5) is 0 Å². The van der Waals surface area contributed by atoms with E-state index in [1.807, 2.05) is 24.5 Å². The van der Waals surface area contributed by atoms with Gasteiger partial charge >= 0.3 is 7.12 Å². The highest BCUT2D eigenvalue weighted by Crippen LogP contribution is 1.72. The van der Waals surface area contributed by atoms with Crippen LogP contribution in [0.3, 0.4) is 0 Å². The maximum Gasteiger partial charge on any atom is 0.510 e. The zero-order chi connectivity index (χ0) is 9.52. The van der Waals surface area contributed by atoms with Crippen molar-refractivity contribution in [2.75, 3.05) is 0 Å². The van der Waals surface area contributed by atoms with Crippen LogP contribution in [0.5, 0.6) is 0 Å². The van der Waals surface area contributed by atoms with Gasteiger partial charge in [-0.05, 0) is 18.2 Å². The predicted molar refractivity (Wildman–Crippen MR) is 49.2 cm³/mol. The molecule has 0 atom stereocenters. The molecule has 2 heterocycles. The van der Waals surface area contributed by atoms with Gasteiger partial charge in [-0.2, -0.15) is 5.10 Å². The van der Waals surface area contributed by atoms with E-state index in [0.717, 1.165) is 0 Å². The normalized spacial score (nSPS) is 8.77. The minimum Gasteiger partial charge on any atom is -0.422 e. The van der Waals surface area contributed by atoms with Crippen LogP contribution in [0.1, 0.15) is 0 Å². The number of hydrogen-bond acceptors (Lipinski definition) is 3. The van der Waals surface area contributed by atoms with Gasteiger partial charge in [0.1, 0.15) is 0 Å². The molecule has 2 aromatic rings. The van der Waals surface area contributed by atoms with Gasteiger partial charge in [-0.3, -0.25) is 5.10 Å². The van der Waals surface area contributed by atoms with Gasteiger partial charge in [0.2, 0.25) is 0 Å². The number of aromatic nitrogens is 3. The van der Waals surface area contributed by atoms with E-state index in [4.69, 9.17) is 10.0 Å². The van der Waals surface area contributed by atoms with Crippen LogP contribution in [0.25, 0.3) is 0 Å². The fourth-order valence-electron chi connectivity index (χ4n) is 0.693. The van der Waals surface area contributed by atoms with Crippen molar-refractivity contribution < 1.29 is 10.0 Å². The van der Waals surface area contributed by atoms with Crippen LogP contribution < -0.4 is 5.59 Å². The molecule has 0 aliphatic carbocycles. The Morgan fingerprint density at radius 2 is 1.85 bits per heavy atom. The topological polar surface area (TPSA) is 84.9 Å². The molecule has 4 N–H and O–H groups in total. The summed E-state index contributed by atoms with van der Waals surface area (Å²) in [6.45, 7) is 0. The van der Waals surface area contributed by atoms with Gasteiger partial charge in [0.25, 0.3) is 0 Å². The molecule has 68 valence electrons. The lowest BCUT2D eigenvalue weighted by atomic mass is 9.87. The van der Waals surface area contributed by atoms with E-state index in [2.05, 4.69) is 15.2 Å². The average molecular weight is 179 g/mol. The third-order valence-corrected chi connectivity index (χ3v) is 1.28. The summed E-state index contributed by atoms with van der Waals surface area (Å²) in [5.74, 6) is 0. The molecule has 0 spiro atoms. The highest BCUT2D eigenvalue weighted by molar-refractivity contribution is 6.57. The Labute approximate surface area is 75.6 Å². The lowest BCUT2D eigenvalue weighted by molar-refractivity contribution is 0.424. The third-order valence-electron chi connectivity index (χ3n) is 1.28. The van der Waals surface area contributed by atoms with Crippen LogP contribution in [-0.4, -0.2) is 32.3 Å². The van der Waals surface area contributed by atoms with Crippen molar-refractivity contribution in [2.45, 2.75) is 0 Å². The lowest BCUT2D eigenvalue weighted by Crippen LogP contribution is -2.30. The molecule has 13 heavy (non-hydrogen) atoms. The molecule has 2 aromatic heterocycles. The molecule has 0 unspecified atom stereocenters. The van der Waals surface area contributed by atoms with E-state index in [-0.39, 0.29) is 5.59 Å². The Balaban J connectivity index is 0.000000145. The second kappa shape index (κ2) is 5.18. The fraction of sp³-hybridized carbons (Fsp3) is 0. The van der Waals surface area contributed by atoms with Gasteiger partial charge in [-0.1, -0.05) is 0 Å². The molecule has 0 amide bonds. The maximum atomic E-state index is 8.39. The van der Waals surface area contributed by atoms with Crippen molar-refractivity contribution in [1.82, 2.24) is 15.2 Å². The van der Waals surface area contributed by atoms with Crippen molar-refractivity contribution in [3.63, 3.8) is 0 Å². The maximum absolute atomic E-state index is 8.39. The second-order valence-corrected chi connectivity index (χ2v) is 2.26. The molecule has 0 aliphatic heterocycles. The summed E-state index contributed by atoms with van der Waals surface area (Å²) in [5, 5.41) is 22.7. The number of rotatable bonds is 1. The van der Waals surface area contributed by atoms with E-state index < -0.39 is 7.12 Å². The van der Waals surface area contributed by atoms with Crippen LogP contribution in [0.15, 0.2) is 36.8 Å². The minimum atomic E-state index is -1.46. The average Bonchev–Trinajstić information content (AvgIpc) is 2.82. The standard InChI is InChI=1S/C4H5N.C3H5BN2O2/c1-2-4-5-3-1;7-4(8)3-1-2-5-6-3/h1-5H;1-2,7-8H,(H,5,6). The summed E-state index contributed by atoms with van der Waals surface area (Å²) in [6.07, 6.45) is 5.27. The quantitative estimate of drug-likeness (QED) is 0.428. The van der Waals surface area contributed by atoms with Crippen molar-refractivity contribution in [1.29, 1.82) is 0 Å². The molecule has 0 radical (unpaired) electrons. The summed E-state index contributed by atoms with van der Waals surface area (Å²) in [4.78, 5) is 2.86. The highest BCUT2D eigenvalue weighted by Gasteiger charge is 2.11. The number of nitrogens with one attached hydrogen (secondary N) is 2. The van der Waals surface area contributed by atoms with Gasteiger partial charge in [0.05, 0.1) is 5.59 Å². The molecule has 0 aromatic carbocycles. The van der Waals surface area contributed by atoms with Gasteiger partial charge in [0, 0.05) is 18.6 Å². The summed E-state index contributed by atoms with van der Waals surface area (Å²) < 4.78 is 0. The summed E-state index contributed by atoms with van der Waals surface area (Å²) in [6, 6.07) is 5.38. The minimum absolute atomic E-state index is 0.241. The van der Waals surface area contributed by atoms with Crippen LogP contribution >= 0.6 is 0 Å². The lowest BCUT2D eigenvalue weighted by Gasteiger charge is -1.85. The van der Waals surface area contributed by atoms with Gasteiger partial charge in [0.15, 0.2) is 0 Å². The molecule has 0 saturated heterocycles. The van der Waals surface area contributed by atoms with E-state index in [1.54, 1.807) is 0 Å². The molecule has 0 bridgehead atoms. The van der Waals surface area contributed by atoms with Crippen molar-refractivity contribution in [2.24, 2.45) is 0 Å². The van der Waals surface area contributed by atoms with Gasteiger partial charge < -0.3 is 15.0 Å². The number of aromatic amines is 2. The summed E-state index contributed by atoms with van der Waals surface area (Å²) in [7, 11) is -1.46. The van der Waals surface area contributed by atoms with Crippen LogP contribution in [-0.2, 0) is 0 Å². The summed E-state index contributed by atoms with van der Waals surface area (Å²) in [5.41, 5.74) is 0.241. The molecule has 5 nitrogen and oxygen atoms in total. The van der Waals surface area contributed by atoms with E-state index in [0.29, 0.717) is 0 Å². The SMILES string of the molecule is OB(O)c1cc[nH]n1.c1cc[nH]c1. The predicted octanol–water partition coefficient (Wildman–Crippen LogP) is -0.896. The third kappa shape index (κ3) is 3.59. The molecule has 2 rings (SSSR count). The van der Waals surface area contributed by atoms with E-state index in [9.17, 15) is 0 Å². The molecular weight excluding hydrogens is 169 g/mol. The first-order valence-electron chi connectivity index (χ1n) is 3.74. The number of H-pyrrole nitrogens is 2. The van der Waals surface area contributed by atoms with Crippen molar-refractivity contribution in [3.8, 4) is 0 Å². The largest absolute Gasteiger partial charge is 0.510 e. The molecular formula is C7H10BN3O2. The first kappa shape index (κ1) is 9.56. The van der Waals surface area contributed by atoms with Crippen molar-refractivity contribution in [3.05, 3.63) is 36.8 Å². The Morgan fingerprint density at radius 3 is 2.08 bits per heavy atom. The van der Waals surface area contributed by atoms with Crippen LogP contribution in [0, 0.1) is 0 Å². The fourth-order valence-corrected chi connectivity index (χ4v) is 0.693. The second-order valence-electron chi connectivity index (χ2n) is 2.26. The first-order valence-corrected chi connectivity index (χ1v) is 3.74. The molecule has 0 fully saturated rings. The smallest absolute Gasteiger partial charge is 0.422 e. The van der Waals surface area contributed by atoms with Gasteiger partial charge in [-0.25, -0.2) is 0 Å². The Kier molecular flexibility index (Phi) is 3.81. The number of nitrogens with zero attached hydrogens (tertiary/aromatic N) is 1. The Bertz CT molecular complexity index is 276. The van der Waals surface area contributed by atoms with Crippen molar-refractivity contribution >= 4 is 12.7 Å². The Hall–Kier alpha value is -1.53. The zero-order valence-electron chi connectivity index (χ0n) is 6.88. The molecule has 0 saturated carbocycles. The van der Waals surface area contributed by atoms with E-state index >= 15 is 0 Å². The first-order chi connectivity index (χ1) is 6.30. The van der Waals surface area contributed by atoms with Gasteiger partial charge in [-0.15, -0.1) is 0 Å². The van der Waals surface area contributed by atoms with E-state index in [1.165, 1.54) is 12.3 Å². The number of hydrogen-bond donors (Lipinski definition) is 4. The monoisotopic (exact) mass is 179 g/mol. The summed E-state index contributed by atoms with van der Waals surface area (Å²) >= 11 is 0. The highest BCUT2D eigenvalue weighted by atomic mass is 16.4. The molecule has 6 heteroatoms. The van der Waals surface area contributed by atoms with Crippen LogP contribution in [0.2, 0.25) is 0 Å². The Morgan fingerprint density at radius 1 is 1.15 bits per heavy atom. The zero-order valence-corrected chi connectivity index (χ0v) is 6.88.